The maximum Gasteiger partial charge on any atom is 0.401 e. The Morgan fingerprint density at radius 3 is 2.20 bits per heavy atom. The van der Waals surface area contributed by atoms with Gasteiger partial charge < -0.3 is 10.4 Å². The molecule has 0 fully saturated rings. The number of aliphatic carboxylic acids is 1. The third-order valence-corrected chi connectivity index (χ3v) is 1.67. The average Bonchev–Trinajstić information content (AvgIpc) is 2.15. The highest BCUT2D eigenvalue weighted by atomic mass is 19.3. The molecule has 1 atom stereocenters. The minimum Gasteiger partial charge on any atom is -0.476 e. The van der Waals surface area contributed by atoms with Crippen LogP contribution in [0.25, 0.3) is 0 Å². The van der Waals surface area contributed by atoms with Crippen molar-refractivity contribution in [1.82, 2.24) is 5.32 Å². The Labute approximate surface area is 84.5 Å². The first-order valence-corrected chi connectivity index (χ1v) is 4.18. The van der Waals surface area contributed by atoms with Crippen LogP contribution in [0.1, 0.15) is 20.3 Å². The van der Waals surface area contributed by atoms with Gasteiger partial charge in [-0.3, -0.25) is 9.59 Å². The van der Waals surface area contributed by atoms with Crippen molar-refractivity contribution in [2.75, 3.05) is 0 Å². The lowest BCUT2D eigenvalue weighted by Crippen LogP contribution is -2.49. The Morgan fingerprint density at radius 1 is 1.40 bits per heavy atom. The number of Topliss-reactive ketones (excluding diaryl/α,β-unsaturated/α-hetero) is 1. The van der Waals surface area contributed by atoms with Gasteiger partial charge in [-0.1, -0.05) is 6.92 Å². The fourth-order valence-corrected chi connectivity index (χ4v) is 0.786. The van der Waals surface area contributed by atoms with Gasteiger partial charge in [-0.2, -0.15) is 8.78 Å². The molecule has 15 heavy (non-hydrogen) atoms. The fraction of sp³-hybridized carbons (Fsp3) is 0.625. The zero-order valence-electron chi connectivity index (χ0n) is 8.21. The number of carbonyl (C=O) groups excluding carboxylic acids is 2. The molecule has 7 heteroatoms. The van der Waals surface area contributed by atoms with Gasteiger partial charge >= 0.3 is 11.9 Å². The SMILES string of the molecule is CCC(=O)NC(C)C(=O)C(F)(F)C(=O)O. The zero-order valence-corrected chi connectivity index (χ0v) is 8.21. The van der Waals surface area contributed by atoms with Crippen LogP contribution in [-0.2, 0) is 14.4 Å². The van der Waals surface area contributed by atoms with Crippen molar-refractivity contribution >= 4 is 17.7 Å². The fourth-order valence-electron chi connectivity index (χ4n) is 0.786. The van der Waals surface area contributed by atoms with E-state index in [0.29, 0.717) is 0 Å². The molecule has 0 spiro atoms. The molecule has 1 unspecified atom stereocenters. The molecule has 0 heterocycles. The van der Waals surface area contributed by atoms with E-state index in [2.05, 4.69) is 0 Å². The molecule has 1 amide bonds. The lowest BCUT2D eigenvalue weighted by Gasteiger charge is -2.16. The van der Waals surface area contributed by atoms with Crippen molar-refractivity contribution in [3.63, 3.8) is 0 Å². The number of rotatable bonds is 5. The molecule has 0 radical (unpaired) electrons. The van der Waals surface area contributed by atoms with Crippen LogP contribution >= 0.6 is 0 Å². The van der Waals surface area contributed by atoms with Gasteiger partial charge in [0.05, 0.1) is 6.04 Å². The summed E-state index contributed by atoms with van der Waals surface area (Å²) in [5.41, 5.74) is 0. The molecule has 0 saturated carbocycles. The van der Waals surface area contributed by atoms with E-state index in [9.17, 15) is 23.2 Å². The van der Waals surface area contributed by atoms with E-state index in [1.165, 1.54) is 6.92 Å². The van der Waals surface area contributed by atoms with Crippen molar-refractivity contribution in [2.24, 2.45) is 0 Å². The minimum atomic E-state index is -4.47. The van der Waals surface area contributed by atoms with E-state index in [1.807, 2.05) is 5.32 Å². The lowest BCUT2D eigenvalue weighted by molar-refractivity contribution is -0.172. The van der Waals surface area contributed by atoms with Gasteiger partial charge in [0, 0.05) is 6.42 Å². The number of alkyl halides is 2. The van der Waals surface area contributed by atoms with Crippen LogP contribution < -0.4 is 5.32 Å². The molecule has 0 aromatic rings. The van der Waals surface area contributed by atoms with E-state index in [0.717, 1.165) is 6.92 Å². The molecule has 0 aromatic heterocycles. The number of carbonyl (C=O) groups is 3. The number of hydrogen-bond acceptors (Lipinski definition) is 3. The summed E-state index contributed by atoms with van der Waals surface area (Å²) in [6, 6.07) is -1.52. The molecule has 5 nitrogen and oxygen atoms in total. The molecule has 0 aliphatic carbocycles. The minimum absolute atomic E-state index is 0.0241. The van der Waals surface area contributed by atoms with Crippen LogP contribution in [0.4, 0.5) is 8.78 Å². The first kappa shape index (κ1) is 13.5. The number of hydrogen-bond donors (Lipinski definition) is 2. The van der Waals surface area contributed by atoms with Crippen LogP contribution in [0.3, 0.4) is 0 Å². The summed E-state index contributed by atoms with van der Waals surface area (Å²) in [7, 11) is 0. The smallest absolute Gasteiger partial charge is 0.401 e. The summed E-state index contributed by atoms with van der Waals surface area (Å²) in [6.07, 6.45) is 0.0241. The van der Waals surface area contributed by atoms with E-state index in [1.54, 1.807) is 0 Å². The zero-order chi connectivity index (χ0) is 12.2. The number of nitrogens with one attached hydrogen (secondary N) is 1. The predicted molar refractivity (Wildman–Crippen MR) is 45.5 cm³/mol. The molecule has 0 rings (SSSR count). The van der Waals surface area contributed by atoms with Crippen LogP contribution in [-0.4, -0.2) is 34.7 Å². The highest BCUT2D eigenvalue weighted by Gasteiger charge is 2.49. The monoisotopic (exact) mass is 223 g/mol. The predicted octanol–water partition coefficient (Wildman–Crippen LogP) is 0.190. The Bertz CT molecular complexity index is 290. The van der Waals surface area contributed by atoms with Crippen molar-refractivity contribution < 1.29 is 28.3 Å². The standard InChI is InChI=1S/C8H11F2NO4/c1-3-5(12)11-4(2)6(13)8(9,10)7(14)15/h4H,3H2,1-2H3,(H,11,12)(H,14,15). The molecule has 0 aromatic carbocycles. The van der Waals surface area contributed by atoms with Crippen LogP contribution in [0, 0.1) is 0 Å². The summed E-state index contributed by atoms with van der Waals surface area (Å²) in [5, 5.41) is 10.0. The Hall–Kier alpha value is -1.53. The van der Waals surface area contributed by atoms with Gasteiger partial charge in [-0.05, 0) is 6.92 Å². The third kappa shape index (κ3) is 3.26. The molecular weight excluding hydrogens is 212 g/mol. The van der Waals surface area contributed by atoms with Gasteiger partial charge in [0.1, 0.15) is 0 Å². The maximum atomic E-state index is 12.6. The number of halogens is 2. The number of ketones is 1. The molecule has 0 bridgehead atoms. The average molecular weight is 223 g/mol. The van der Waals surface area contributed by atoms with E-state index in [-0.39, 0.29) is 6.42 Å². The molecular formula is C8H11F2NO4. The van der Waals surface area contributed by atoms with Crippen LogP contribution in [0.2, 0.25) is 0 Å². The van der Waals surface area contributed by atoms with Gasteiger partial charge in [-0.25, -0.2) is 4.79 Å². The first-order chi connectivity index (χ1) is 6.73. The largest absolute Gasteiger partial charge is 0.476 e. The van der Waals surface area contributed by atoms with Crippen molar-refractivity contribution in [2.45, 2.75) is 32.2 Å². The summed E-state index contributed by atoms with van der Waals surface area (Å²) >= 11 is 0. The summed E-state index contributed by atoms with van der Waals surface area (Å²) in [4.78, 5) is 31.7. The Balaban J connectivity index is 4.58. The van der Waals surface area contributed by atoms with Gasteiger partial charge in [0.2, 0.25) is 11.7 Å². The van der Waals surface area contributed by atoms with E-state index < -0.39 is 29.6 Å². The summed E-state index contributed by atoms with van der Waals surface area (Å²) < 4.78 is 25.3. The van der Waals surface area contributed by atoms with Crippen molar-refractivity contribution in [1.29, 1.82) is 0 Å². The highest BCUT2D eigenvalue weighted by molar-refractivity contribution is 6.07. The second-order valence-corrected chi connectivity index (χ2v) is 2.89. The molecule has 2 N–H and O–H groups in total. The quantitative estimate of drug-likeness (QED) is 0.651. The van der Waals surface area contributed by atoms with Crippen LogP contribution in [0.5, 0.6) is 0 Å². The molecule has 0 aliphatic rings. The second-order valence-electron chi connectivity index (χ2n) is 2.89. The number of amides is 1. The summed E-state index contributed by atoms with van der Waals surface area (Å²) in [5.74, 6) is -9.43. The second kappa shape index (κ2) is 4.81. The summed E-state index contributed by atoms with van der Waals surface area (Å²) in [6.45, 7) is 2.48. The Morgan fingerprint density at radius 2 is 1.87 bits per heavy atom. The topological polar surface area (TPSA) is 83.5 Å². The van der Waals surface area contributed by atoms with Gasteiger partial charge in [0.25, 0.3) is 0 Å². The van der Waals surface area contributed by atoms with Crippen molar-refractivity contribution in [3.05, 3.63) is 0 Å². The highest BCUT2D eigenvalue weighted by Crippen LogP contribution is 2.16. The van der Waals surface area contributed by atoms with E-state index in [4.69, 9.17) is 5.11 Å². The lowest BCUT2D eigenvalue weighted by atomic mass is 10.1. The molecule has 86 valence electrons. The normalized spacial score (nSPS) is 13.1. The van der Waals surface area contributed by atoms with E-state index >= 15 is 0 Å². The molecule has 0 aliphatic heterocycles. The molecule has 0 saturated heterocycles. The van der Waals surface area contributed by atoms with Crippen molar-refractivity contribution in [3.8, 4) is 0 Å². The Kier molecular flexibility index (Phi) is 4.32. The first-order valence-electron chi connectivity index (χ1n) is 4.18. The van der Waals surface area contributed by atoms with Gasteiger partial charge in [-0.15, -0.1) is 0 Å². The maximum absolute atomic E-state index is 12.6. The van der Waals surface area contributed by atoms with Crippen LogP contribution in [0.15, 0.2) is 0 Å². The number of carboxylic acid groups (broad SMARTS) is 1. The van der Waals surface area contributed by atoms with Gasteiger partial charge in [0.15, 0.2) is 0 Å². The number of carboxylic acids is 1. The third-order valence-electron chi connectivity index (χ3n) is 1.67.